The van der Waals surface area contributed by atoms with Crippen LogP contribution in [0.2, 0.25) is 39.3 Å². The molecule has 0 amide bonds. The fraction of sp³-hybridized carbons (Fsp3) is 0.462. The van der Waals surface area contributed by atoms with Crippen molar-refractivity contribution in [2.45, 2.75) is 39.3 Å². The van der Waals surface area contributed by atoms with Crippen LogP contribution in [0.3, 0.4) is 0 Å². The average molecular weight is 266 g/mol. The van der Waals surface area contributed by atoms with Crippen LogP contribution in [-0.2, 0) is 0 Å². The van der Waals surface area contributed by atoms with Crippen molar-refractivity contribution in [2.75, 3.05) is 4.23 Å². The molecule has 0 aliphatic rings. The molecule has 1 aromatic rings. The SMILES string of the molecule is C[Si](C)(C)N(c1cccc(C=O)c1)[Si](C)(C)C. The molecule has 94 valence electrons. The molecule has 4 heteroatoms. The van der Waals surface area contributed by atoms with Crippen LogP contribution < -0.4 is 4.23 Å². The van der Waals surface area contributed by atoms with Crippen LogP contribution in [0.15, 0.2) is 24.3 Å². The molecule has 17 heavy (non-hydrogen) atoms. The van der Waals surface area contributed by atoms with Crippen LogP contribution >= 0.6 is 0 Å². The van der Waals surface area contributed by atoms with Crippen molar-refractivity contribution < 1.29 is 4.79 Å². The minimum absolute atomic E-state index is 0.768. The van der Waals surface area contributed by atoms with Gasteiger partial charge in [-0.25, -0.2) is 0 Å². The Labute approximate surface area is 107 Å². The Morgan fingerprint density at radius 1 is 1.00 bits per heavy atom. The molecule has 0 atom stereocenters. The van der Waals surface area contributed by atoms with Crippen molar-refractivity contribution in [3.8, 4) is 0 Å². The number of nitrogens with zero attached hydrogens (tertiary/aromatic N) is 1. The molecular formula is C13H23NOSi2. The molecule has 0 bridgehead atoms. The quantitative estimate of drug-likeness (QED) is 0.606. The summed E-state index contributed by atoms with van der Waals surface area (Å²) in [5.41, 5.74) is 1.98. The van der Waals surface area contributed by atoms with E-state index in [1.807, 2.05) is 18.2 Å². The predicted octanol–water partition coefficient (Wildman–Crippen LogP) is 3.98. The fourth-order valence-corrected chi connectivity index (χ4v) is 12.4. The Balaban J connectivity index is 3.27. The first-order valence-corrected chi connectivity index (χ1v) is 12.9. The van der Waals surface area contributed by atoms with Gasteiger partial charge in [0, 0.05) is 11.3 Å². The van der Waals surface area contributed by atoms with Crippen LogP contribution in [0.25, 0.3) is 0 Å². The molecule has 1 aromatic carbocycles. The third-order valence-electron chi connectivity index (χ3n) is 2.61. The minimum atomic E-state index is -1.42. The molecule has 0 radical (unpaired) electrons. The van der Waals surface area contributed by atoms with E-state index < -0.39 is 16.5 Å². The second kappa shape index (κ2) is 4.78. The number of hydrogen-bond acceptors (Lipinski definition) is 2. The molecule has 0 saturated carbocycles. The van der Waals surface area contributed by atoms with E-state index in [0.29, 0.717) is 0 Å². The zero-order chi connectivity index (χ0) is 13.3. The van der Waals surface area contributed by atoms with Crippen molar-refractivity contribution in [1.82, 2.24) is 0 Å². The Bertz CT molecular complexity index is 391. The van der Waals surface area contributed by atoms with Crippen LogP contribution in [0.1, 0.15) is 10.4 Å². The van der Waals surface area contributed by atoms with E-state index in [2.05, 4.69) is 49.6 Å². The van der Waals surface area contributed by atoms with Crippen molar-refractivity contribution in [2.24, 2.45) is 0 Å². The van der Waals surface area contributed by atoms with Crippen molar-refractivity contribution in [3.63, 3.8) is 0 Å². The molecule has 1 rings (SSSR count). The number of aldehydes is 1. The van der Waals surface area contributed by atoms with Gasteiger partial charge >= 0.3 is 0 Å². The lowest BCUT2D eigenvalue weighted by atomic mass is 10.2. The fourth-order valence-electron chi connectivity index (χ4n) is 2.52. The first kappa shape index (κ1) is 14.2. The highest BCUT2D eigenvalue weighted by Crippen LogP contribution is 2.28. The molecule has 0 aliphatic carbocycles. The van der Waals surface area contributed by atoms with E-state index in [4.69, 9.17) is 0 Å². The highest BCUT2D eigenvalue weighted by molar-refractivity contribution is 6.99. The maximum atomic E-state index is 10.9. The van der Waals surface area contributed by atoms with E-state index in [1.54, 1.807) is 0 Å². The maximum Gasteiger partial charge on any atom is 0.150 e. The normalized spacial score (nSPS) is 12.4. The molecule has 0 saturated heterocycles. The van der Waals surface area contributed by atoms with Crippen molar-refractivity contribution in [3.05, 3.63) is 29.8 Å². The lowest BCUT2D eigenvalue weighted by Crippen LogP contribution is -2.59. The summed E-state index contributed by atoms with van der Waals surface area (Å²) in [6, 6.07) is 7.99. The second-order valence-electron chi connectivity index (χ2n) is 6.39. The molecule has 0 fully saturated rings. The maximum absolute atomic E-state index is 10.9. The number of carbonyl (C=O) groups is 1. The smallest absolute Gasteiger partial charge is 0.150 e. The van der Waals surface area contributed by atoms with Gasteiger partial charge in [-0.15, -0.1) is 0 Å². The van der Waals surface area contributed by atoms with Gasteiger partial charge in [0.2, 0.25) is 0 Å². The molecule has 0 unspecified atom stereocenters. The van der Waals surface area contributed by atoms with Gasteiger partial charge in [0.15, 0.2) is 0 Å². The number of benzene rings is 1. The van der Waals surface area contributed by atoms with Gasteiger partial charge in [0.05, 0.1) is 0 Å². The minimum Gasteiger partial charge on any atom is -0.425 e. The molecule has 0 aliphatic heterocycles. The summed E-state index contributed by atoms with van der Waals surface area (Å²) in [7, 11) is -2.84. The lowest BCUT2D eigenvalue weighted by molar-refractivity contribution is 0.112. The second-order valence-corrected chi connectivity index (χ2v) is 16.4. The predicted molar refractivity (Wildman–Crippen MR) is 81.0 cm³/mol. The third-order valence-corrected chi connectivity index (χ3v) is 9.83. The van der Waals surface area contributed by atoms with Gasteiger partial charge in [-0.1, -0.05) is 51.4 Å². The van der Waals surface area contributed by atoms with Crippen molar-refractivity contribution in [1.29, 1.82) is 0 Å². The zero-order valence-electron chi connectivity index (χ0n) is 11.7. The number of carbonyl (C=O) groups excluding carboxylic acids is 1. The molecule has 0 N–H and O–H groups in total. The molecular weight excluding hydrogens is 242 g/mol. The Kier molecular flexibility index (Phi) is 3.99. The summed E-state index contributed by atoms with van der Waals surface area (Å²) in [4.78, 5) is 10.9. The van der Waals surface area contributed by atoms with E-state index in [0.717, 1.165) is 11.8 Å². The highest BCUT2D eigenvalue weighted by Gasteiger charge is 2.34. The molecule has 0 aromatic heterocycles. The van der Waals surface area contributed by atoms with E-state index in [1.165, 1.54) is 5.69 Å². The first-order chi connectivity index (χ1) is 7.66. The summed E-state index contributed by atoms with van der Waals surface area (Å²) in [6.45, 7) is 14.2. The van der Waals surface area contributed by atoms with Gasteiger partial charge in [-0.05, 0) is 12.1 Å². The number of hydrogen-bond donors (Lipinski definition) is 0. The first-order valence-electron chi connectivity index (χ1n) is 6.02. The Morgan fingerprint density at radius 3 is 1.94 bits per heavy atom. The van der Waals surface area contributed by atoms with Crippen LogP contribution in [0.5, 0.6) is 0 Å². The Morgan fingerprint density at radius 2 is 1.53 bits per heavy atom. The van der Waals surface area contributed by atoms with E-state index in [9.17, 15) is 4.79 Å². The standard InChI is InChI=1S/C13H23NOSi2/c1-16(2,3)14(17(4,5)6)13-9-7-8-12(10-13)11-15/h7-11H,1-6H3. The zero-order valence-corrected chi connectivity index (χ0v) is 13.7. The summed E-state index contributed by atoms with van der Waals surface area (Å²) < 4.78 is 2.62. The molecule has 0 heterocycles. The topological polar surface area (TPSA) is 20.3 Å². The van der Waals surface area contributed by atoms with E-state index >= 15 is 0 Å². The monoisotopic (exact) mass is 265 g/mol. The number of anilines is 1. The Hall–Kier alpha value is -0.876. The summed E-state index contributed by atoms with van der Waals surface area (Å²) in [5.74, 6) is 0. The molecule has 2 nitrogen and oxygen atoms in total. The van der Waals surface area contributed by atoms with Gasteiger partial charge in [-0.2, -0.15) is 0 Å². The van der Waals surface area contributed by atoms with Gasteiger partial charge in [0.25, 0.3) is 0 Å². The summed E-state index contributed by atoms with van der Waals surface area (Å²) in [5, 5.41) is 0. The van der Waals surface area contributed by atoms with Crippen LogP contribution in [-0.4, -0.2) is 22.8 Å². The largest absolute Gasteiger partial charge is 0.425 e. The lowest BCUT2D eigenvalue weighted by Gasteiger charge is -2.46. The van der Waals surface area contributed by atoms with Crippen LogP contribution in [0.4, 0.5) is 5.69 Å². The van der Waals surface area contributed by atoms with E-state index in [-0.39, 0.29) is 0 Å². The van der Waals surface area contributed by atoms with Gasteiger partial charge in [-0.3, -0.25) is 4.79 Å². The van der Waals surface area contributed by atoms with Gasteiger partial charge < -0.3 is 4.23 Å². The van der Waals surface area contributed by atoms with Gasteiger partial charge in [0.1, 0.15) is 22.8 Å². The average Bonchev–Trinajstić information content (AvgIpc) is 2.13. The van der Waals surface area contributed by atoms with Crippen LogP contribution in [0, 0.1) is 0 Å². The summed E-state index contributed by atoms with van der Waals surface area (Å²) >= 11 is 0. The summed E-state index contributed by atoms with van der Waals surface area (Å²) in [6.07, 6.45) is 0.927. The molecule has 0 spiro atoms. The number of rotatable bonds is 4. The highest BCUT2D eigenvalue weighted by atomic mass is 28.4. The third kappa shape index (κ3) is 3.54. The van der Waals surface area contributed by atoms with Crippen molar-refractivity contribution >= 4 is 28.4 Å².